The van der Waals surface area contributed by atoms with E-state index in [2.05, 4.69) is 22.8 Å². The lowest BCUT2D eigenvalue weighted by Gasteiger charge is -2.04. The number of nitrogens with one attached hydrogen (secondary N) is 3. The van der Waals surface area contributed by atoms with E-state index >= 15 is 0 Å². The Balaban J connectivity index is 1.77. The van der Waals surface area contributed by atoms with Gasteiger partial charge in [-0.25, -0.2) is 0 Å². The van der Waals surface area contributed by atoms with E-state index in [-0.39, 0.29) is 0 Å². The fourth-order valence-corrected chi connectivity index (χ4v) is 2.04. The summed E-state index contributed by atoms with van der Waals surface area (Å²) in [6.07, 6.45) is 4.05. The van der Waals surface area contributed by atoms with E-state index in [1.807, 2.05) is 60.8 Å². The van der Waals surface area contributed by atoms with E-state index in [0.717, 1.165) is 36.4 Å². The summed E-state index contributed by atoms with van der Waals surface area (Å²) in [6, 6.07) is 17.7. The minimum absolute atomic E-state index is 0.506. The molecule has 4 nitrogen and oxygen atoms in total. The van der Waals surface area contributed by atoms with Crippen LogP contribution in [0.4, 0.5) is 5.69 Å². The van der Waals surface area contributed by atoms with Crippen LogP contribution in [0, 0.1) is 0 Å². The molecule has 0 heterocycles. The quantitative estimate of drug-likeness (QED) is 0.316. The van der Waals surface area contributed by atoms with Gasteiger partial charge in [0.15, 0.2) is 6.21 Å². The van der Waals surface area contributed by atoms with Gasteiger partial charge >= 0.3 is 0 Å². The lowest BCUT2D eigenvalue weighted by molar-refractivity contribution is -0.499. The van der Waals surface area contributed by atoms with E-state index in [4.69, 9.17) is 17.0 Å². The summed E-state index contributed by atoms with van der Waals surface area (Å²) >= 11 is 5.21. The van der Waals surface area contributed by atoms with Gasteiger partial charge in [0, 0.05) is 11.3 Å². The van der Waals surface area contributed by atoms with Crippen LogP contribution in [0.15, 0.2) is 54.6 Å². The minimum atomic E-state index is 0.506. The lowest BCUT2D eigenvalue weighted by atomic mass is 10.2. The molecule has 2 aromatic carbocycles. The number of ether oxygens (including phenoxy) is 1. The topological polar surface area (TPSA) is 47.3 Å². The van der Waals surface area contributed by atoms with Crippen LogP contribution in [-0.2, 0) is 0 Å². The lowest BCUT2D eigenvalue weighted by Crippen LogP contribution is -2.82. The highest BCUT2D eigenvalue weighted by Crippen LogP contribution is 2.11. The smallest absolute Gasteiger partial charge is 0.228 e. The number of para-hydroxylation sites is 1. The summed E-state index contributed by atoms with van der Waals surface area (Å²) in [6.45, 7) is 2.91. The number of hydrogen-bond donors (Lipinski definition) is 3. The standard InChI is InChI=1S/C18H21N3OS/c1-2-3-13-22-17-11-9-15(10-12-17)14-19-21-18(23)20-16-7-5-4-6-8-16/h4-12,14H,2-3,13H2,1H3,(H2,20,21,23)/p+1. The van der Waals surface area contributed by atoms with E-state index < -0.39 is 0 Å². The number of hydrazine groups is 1. The number of thiocarbonyl (C=S) groups is 1. The zero-order valence-corrected chi connectivity index (χ0v) is 14.0. The molecule has 0 spiro atoms. The third kappa shape index (κ3) is 6.48. The second-order valence-corrected chi connectivity index (χ2v) is 5.41. The molecule has 0 saturated carbocycles. The predicted octanol–water partition coefficient (Wildman–Crippen LogP) is 2.27. The van der Waals surface area contributed by atoms with Crippen molar-refractivity contribution in [3.05, 3.63) is 60.2 Å². The molecule has 0 unspecified atom stereocenters. The van der Waals surface area contributed by atoms with Gasteiger partial charge in [-0.1, -0.05) is 31.5 Å². The summed E-state index contributed by atoms with van der Waals surface area (Å²) < 4.78 is 5.63. The Morgan fingerprint density at radius 2 is 1.87 bits per heavy atom. The van der Waals surface area contributed by atoms with Crippen molar-refractivity contribution in [2.75, 3.05) is 11.9 Å². The normalized spacial score (nSPS) is 10.5. The van der Waals surface area contributed by atoms with Crippen LogP contribution in [0.3, 0.4) is 0 Å². The van der Waals surface area contributed by atoms with Gasteiger partial charge in [0.05, 0.1) is 6.61 Å². The molecule has 0 aromatic heterocycles. The summed E-state index contributed by atoms with van der Waals surface area (Å²) in [7, 11) is 0. The van der Waals surface area contributed by atoms with Crippen molar-refractivity contribution in [3.8, 4) is 5.75 Å². The van der Waals surface area contributed by atoms with Crippen LogP contribution in [0.25, 0.3) is 0 Å². The number of unbranched alkanes of at least 4 members (excludes halogenated alkanes) is 1. The van der Waals surface area contributed by atoms with Crippen LogP contribution in [0.5, 0.6) is 5.75 Å². The summed E-state index contributed by atoms with van der Waals surface area (Å²) in [5.41, 5.74) is 4.89. The van der Waals surface area contributed by atoms with Crippen LogP contribution < -0.4 is 20.6 Å². The zero-order chi connectivity index (χ0) is 16.3. The van der Waals surface area contributed by atoms with E-state index in [1.165, 1.54) is 0 Å². The van der Waals surface area contributed by atoms with Crippen molar-refractivity contribution in [2.24, 2.45) is 0 Å². The van der Waals surface area contributed by atoms with Crippen molar-refractivity contribution in [2.45, 2.75) is 19.8 Å². The van der Waals surface area contributed by atoms with Gasteiger partial charge in [-0.3, -0.25) is 0 Å². The molecule has 2 aromatic rings. The molecule has 0 radical (unpaired) electrons. The largest absolute Gasteiger partial charge is 0.494 e. The van der Waals surface area contributed by atoms with Crippen molar-refractivity contribution >= 4 is 29.2 Å². The monoisotopic (exact) mass is 328 g/mol. The fraction of sp³-hybridized carbons (Fsp3) is 0.222. The summed E-state index contributed by atoms with van der Waals surface area (Å²) in [5, 5.41) is 6.56. The van der Waals surface area contributed by atoms with Gasteiger partial charge in [0.1, 0.15) is 5.75 Å². The molecule has 5 heteroatoms. The van der Waals surface area contributed by atoms with Crippen molar-refractivity contribution < 1.29 is 9.84 Å². The molecule has 3 N–H and O–H groups in total. The van der Waals surface area contributed by atoms with Crippen LogP contribution in [0.1, 0.15) is 25.3 Å². The highest BCUT2D eigenvalue weighted by molar-refractivity contribution is 7.80. The Morgan fingerprint density at radius 1 is 1.13 bits per heavy atom. The Bertz CT molecular complexity index is 626. The minimum Gasteiger partial charge on any atom is -0.494 e. The van der Waals surface area contributed by atoms with E-state index in [9.17, 15) is 0 Å². The molecule has 0 fully saturated rings. The number of hydrogen-bond acceptors (Lipinski definition) is 2. The first-order valence-corrected chi connectivity index (χ1v) is 8.12. The molecule has 0 aliphatic carbocycles. The molecule has 2 rings (SSSR count). The summed E-state index contributed by atoms with van der Waals surface area (Å²) in [4.78, 5) is 0. The number of benzene rings is 2. The zero-order valence-electron chi connectivity index (χ0n) is 13.2. The van der Waals surface area contributed by atoms with Crippen LogP contribution in [0.2, 0.25) is 0 Å². The second-order valence-electron chi connectivity index (χ2n) is 5.00. The van der Waals surface area contributed by atoms with Gasteiger partial charge in [0.25, 0.3) is 0 Å². The maximum absolute atomic E-state index is 5.63. The molecule has 0 bridgehead atoms. The maximum Gasteiger partial charge on any atom is 0.228 e. The van der Waals surface area contributed by atoms with Crippen molar-refractivity contribution in [1.29, 1.82) is 0 Å². The molecular formula is C18H22N3OS+. The molecule has 0 aliphatic rings. The van der Waals surface area contributed by atoms with Gasteiger partial charge < -0.3 is 10.1 Å². The summed E-state index contributed by atoms with van der Waals surface area (Å²) in [5.74, 6) is 0.893. The molecule has 120 valence electrons. The SMILES string of the molecule is CCCCOc1ccc(C=[NH+]NC(=S)Nc2ccccc2)cc1. The van der Waals surface area contributed by atoms with Crippen molar-refractivity contribution in [1.82, 2.24) is 5.43 Å². The third-order valence-corrected chi connectivity index (χ3v) is 3.31. The van der Waals surface area contributed by atoms with E-state index in [1.54, 1.807) is 0 Å². The first kappa shape index (κ1) is 17.0. The molecule has 23 heavy (non-hydrogen) atoms. The molecule has 0 saturated heterocycles. The highest BCUT2D eigenvalue weighted by Gasteiger charge is 1.98. The Morgan fingerprint density at radius 3 is 2.57 bits per heavy atom. The van der Waals surface area contributed by atoms with E-state index in [0.29, 0.717) is 5.11 Å². The maximum atomic E-state index is 5.63. The average molecular weight is 328 g/mol. The Hall–Kier alpha value is -2.40. The van der Waals surface area contributed by atoms with Gasteiger partial charge in [0.2, 0.25) is 5.11 Å². The first-order chi connectivity index (χ1) is 11.3. The fourth-order valence-electron chi connectivity index (χ4n) is 1.86. The van der Waals surface area contributed by atoms with Crippen LogP contribution >= 0.6 is 12.2 Å². The van der Waals surface area contributed by atoms with Crippen LogP contribution in [-0.4, -0.2) is 17.9 Å². The highest BCUT2D eigenvalue weighted by atomic mass is 32.1. The number of hydrazone groups is 1. The molecule has 0 amide bonds. The molecular weight excluding hydrogens is 306 g/mol. The Kier molecular flexibility index (Phi) is 7.07. The average Bonchev–Trinajstić information content (AvgIpc) is 2.57. The second kappa shape index (κ2) is 9.58. The van der Waals surface area contributed by atoms with Crippen molar-refractivity contribution in [3.63, 3.8) is 0 Å². The first-order valence-electron chi connectivity index (χ1n) is 7.71. The third-order valence-electron chi connectivity index (χ3n) is 3.10. The Labute approximate surface area is 142 Å². The number of rotatable bonds is 7. The molecule has 0 aliphatic heterocycles. The van der Waals surface area contributed by atoms with Gasteiger partial charge in [-0.15, -0.1) is 10.5 Å². The van der Waals surface area contributed by atoms with Gasteiger partial charge in [-0.05, 0) is 55.0 Å². The molecule has 0 atom stereocenters. The predicted molar refractivity (Wildman–Crippen MR) is 98.8 cm³/mol. The number of anilines is 1. The van der Waals surface area contributed by atoms with Gasteiger partial charge in [-0.2, -0.15) is 0 Å².